The Labute approximate surface area is 178 Å². The Balaban J connectivity index is 1.95. The molecule has 1 aliphatic rings. The van der Waals surface area contributed by atoms with Crippen LogP contribution in [0.5, 0.6) is 11.5 Å². The Morgan fingerprint density at radius 1 is 1.27 bits per heavy atom. The van der Waals surface area contributed by atoms with E-state index in [-0.39, 0.29) is 24.0 Å². The van der Waals surface area contributed by atoms with Crippen LogP contribution in [0.3, 0.4) is 0 Å². The first-order chi connectivity index (χ1) is 14.3. The molecule has 0 spiro atoms. The lowest BCUT2D eigenvalue weighted by Gasteiger charge is -2.42. The van der Waals surface area contributed by atoms with Crippen molar-refractivity contribution >= 4 is 5.97 Å². The van der Waals surface area contributed by atoms with E-state index in [4.69, 9.17) is 19.3 Å². The number of methoxy groups -OCH3 is 1. The second-order valence-corrected chi connectivity index (χ2v) is 8.06. The third-order valence-corrected chi connectivity index (χ3v) is 5.78. The minimum atomic E-state index is -1.03. The lowest BCUT2D eigenvalue weighted by atomic mass is 9.75. The molecule has 30 heavy (non-hydrogen) atoms. The molecule has 5 heteroatoms. The van der Waals surface area contributed by atoms with Crippen LogP contribution in [0, 0.1) is 12.8 Å². The van der Waals surface area contributed by atoms with Crippen molar-refractivity contribution in [3.63, 3.8) is 0 Å². The monoisotopic (exact) mass is 410 g/mol. The zero-order chi connectivity index (χ0) is 21.8. The Morgan fingerprint density at radius 2 is 2.03 bits per heavy atom. The molecule has 3 rings (SSSR count). The molecule has 2 aromatic rings. The van der Waals surface area contributed by atoms with Crippen LogP contribution in [0.2, 0.25) is 0 Å². The van der Waals surface area contributed by atoms with E-state index in [0.29, 0.717) is 11.5 Å². The lowest BCUT2D eigenvalue weighted by molar-refractivity contribution is -0.139. The van der Waals surface area contributed by atoms with Crippen LogP contribution in [-0.2, 0) is 9.53 Å². The number of ether oxygens (including phenoxy) is 3. The quantitative estimate of drug-likeness (QED) is 0.628. The van der Waals surface area contributed by atoms with E-state index in [9.17, 15) is 4.79 Å². The lowest BCUT2D eigenvalue weighted by Crippen LogP contribution is -2.34. The highest BCUT2D eigenvalue weighted by atomic mass is 16.5. The normalized spacial score (nSPS) is 23.6. The highest BCUT2D eigenvalue weighted by molar-refractivity contribution is 5.68. The van der Waals surface area contributed by atoms with Gasteiger partial charge in [-0.15, -0.1) is 0 Å². The molecule has 0 aromatic heterocycles. The fourth-order valence-corrected chi connectivity index (χ4v) is 4.21. The van der Waals surface area contributed by atoms with E-state index in [2.05, 4.69) is 44.7 Å². The van der Waals surface area contributed by atoms with Gasteiger partial charge >= 0.3 is 5.97 Å². The summed E-state index contributed by atoms with van der Waals surface area (Å²) in [6.07, 6.45) is 0.616. The van der Waals surface area contributed by atoms with Crippen molar-refractivity contribution in [3.8, 4) is 11.5 Å². The minimum Gasteiger partial charge on any atom is -0.497 e. The van der Waals surface area contributed by atoms with Crippen LogP contribution in [-0.4, -0.2) is 30.9 Å². The maximum Gasteiger partial charge on any atom is 0.341 e. The number of aliphatic carboxylic acids is 1. The van der Waals surface area contributed by atoms with Crippen LogP contribution in [0.1, 0.15) is 49.0 Å². The number of rotatable bonds is 7. The van der Waals surface area contributed by atoms with Gasteiger partial charge in [0.05, 0.1) is 19.3 Å². The predicted octanol–water partition coefficient (Wildman–Crippen LogP) is 5.29. The van der Waals surface area contributed by atoms with Crippen LogP contribution >= 0.6 is 0 Å². The topological polar surface area (TPSA) is 65.0 Å². The summed E-state index contributed by atoms with van der Waals surface area (Å²) in [6.45, 7) is 10.0. The molecule has 160 valence electrons. The second kappa shape index (κ2) is 9.35. The molecule has 1 aliphatic heterocycles. The maximum atomic E-state index is 11.1. The van der Waals surface area contributed by atoms with Gasteiger partial charge in [0.1, 0.15) is 11.5 Å². The molecule has 0 aliphatic carbocycles. The van der Waals surface area contributed by atoms with E-state index >= 15 is 0 Å². The smallest absolute Gasteiger partial charge is 0.341 e. The second-order valence-electron chi connectivity index (χ2n) is 8.06. The van der Waals surface area contributed by atoms with Crippen molar-refractivity contribution in [2.24, 2.45) is 5.92 Å². The van der Waals surface area contributed by atoms with Crippen molar-refractivity contribution in [1.82, 2.24) is 0 Å². The van der Waals surface area contributed by atoms with Gasteiger partial charge in [0, 0.05) is 23.5 Å². The molecule has 5 nitrogen and oxygen atoms in total. The van der Waals surface area contributed by atoms with Gasteiger partial charge < -0.3 is 19.3 Å². The van der Waals surface area contributed by atoms with Gasteiger partial charge in [-0.05, 0) is 44.9 Å². The maximum absolute atomic E-state index is 11.1. The summed E-state index contributed by atoms with van der Waals surface area (Å²) >= 11 is 0. The van der Waals surface area contributed by atoms with Crippen molar-refractivity contribution in [2.45, 2.75) is 45.3 Å². The van der Waals surface area contributed by atoms with E-state index in [1.807, 2.05) is 19.1 Å². The van der Waals surface area contributed by atoms with Crippen LogP contribution in [0.25, 0.3) is 0 Å². The Morgan fingerprint density at radius 3 is 2.67 bits per heavy atom. The van der Waals surface area contributed by atoms with E-state index in [1.54, 1.807) is 13.2 Å². The first kappa shape index (κ1) is 21.9. The van der Waals surface area contributed by atoms with Gasteiger partial charge in [0.25, 0.3) is 0 Å². The summed E-state index contributed by atoms with van der Waals surface area (Å²) in [6, 6.07) is 14.0. The average Bonchev–Trinajstić information content (AvgIpc) is 2.71. The first-order valence-electron chi connectivity index (χ1n) is 10.2. The summed E-state index contributed by atoms with van der Waals surface area (Å²) in [7, 11) is 1.57. The third-order valence-electron chi connectivity index (χ3n) is 5.78. The first-order valence-corrected chi connectivity index (χ1v) is 10.2. The predicted molar refractivity (Wildman–Crippen MR) is 116 cm³/mol. The van der Waals surface area contributed by atoms with Gasteiger partial charge in [-0.2, -0.15) is 0 Å². The molecule has 0 amide bonds. The molecular formula is C25H30O5. The van der Waals surface area contributed by atoms with Gasteiger partial charge in [-0.1, -0.05) is 42.0 Å². The van der Waals surface area contributed by atoms with Crippen molar-refractivity contribution in [1.29, 1.82) is 0 Å². The van der Waals surface area contributed by atoms with Crippen molar-refractivity contribution in [3.05, 3.63) is 71.3 Å². The zero-order valence-electron chi connectivity index (χ0n) is 18.1. The number of benzene rings is 2. The van der Waals surface area contributed by atoms with Crippen molar-refractivity contribution in [2.75, 3.05) is 13.7 Å². The van der Waals surface area contributed by atoms with Gasteiger partial charge in [0.15, 0.2) is 6.61 Å². The van der Waals surface area contributed by atoms with E-state index in [0.717, 1.165) is 17.6 Å². The number of hydrogen-bond acceptors (Lipinski definition) is 4. The molecule has 1 fully saturated rings. The largest absolute Gasteiger partial charge is 0.497 e. The molecule has 0 radical (unpaired) electrons. The van der Waals surface area contributed by atoms with E-state index in [1.165, 1.54) is 11.1 Å². The number of aryl methyl sites for hydroxylation is 1. The molecule has 0 bridgehead atoms. The standard InChI is InChI=1S/C25H30O5/c1-15(2)21-13-22(18-8-6-7-16(3)11-18)17(4)30-25(21)20-10-9-19(28-5)12-23(20)29-14-24(26)27/h6-12,17,21-22,25H,1,13-14H2,2-5H3,(H,26,27)/t17-,21+,22-,25+/m0/s1. The molecule has 1 N–H and O–H groups in total. The highest BCUT2D eigenvalue weighted by Crippen LogP contribution is 2.48. The molecule has 0 saturated carbocycles. The van der Waals surface area contributed by atoms with Crippen LogP contribution < -0.4 is 9.47 Å². The number of carboxylic acids is 1. The summed E-state index contributed by atoms with van der Waals surface area (Å²) in [5.41, 5.74) is 4.35. The zero-order valence-corrected chi connectivity index (χ0v) is 18.1. The van der Waals surface area contributed by atoms with E-state index < -0.39 is 12.6 Å². The van der Waals surface area contributed by atoms with Crippen molar-refractivity contribution < 1.29 is 24.1 Å². The summed E-state index contributed by atoms with van der Waals surface area (Å²) in [5, 5.41) is 9.07. The number of carboxylic acid groups (broad SMARTS) is 1. The molecular weight excluding hydrogens is 380 g/mol. The molecule has 4 atom stereocenters. The highest BCUT2D eigenvalue weighted by Gasteiger charge is 2.39. The number of carbonyl (C=O) groups is 1. The summed E-state index contributed by atoms with van der Waals surface area (Å²) in [4.78, 5) is 11.1. The summed E-state index contributed by atoms with van der Waals surface area (Å²) in [5.74, 6) is 0.371. The molecule has 1 saturated heterocycles. The average molecular weight is 411 g/mol. The molecule has 1 heterocycles. The number of hydrogen-bond donors (Lipinski definition) is 1. The Kier molecular flexibility index (Phi) is 6.83. The fourth-order valence-electron chi connectivity index (χ4n) is 4.21. The fraction of sp³-hybridized carbons (Fsp3) is 0.400. The van der Waals surface area contributed by atoms with Crippen LogP contribution in [0.15, 0.2) is 54.6 Å². The minimum absolute atomic E-state index is 0.0122. The molecule has 2 aromatic carbocycles. The van der Waals surface area contributed by atoms with Crippen LogP contribution in [0.4, 0.5) is 0 Å². The Bertz CT molecular complexity index is 920. The SMILES string of the molecule is C=C(C)[C@H]1C[C@H](c2cccc(C)c2)[C@H](C)O[C@@H]1c1ccc(OC)cc1OCC(=O)O. The Hall–Kier alpha value is -2.79. The van der Waals surface area contributed by atoms with Gasteiger partial charge in [-0.25, -0.2) is 4.79 Å². The summed E-state index contributed by atoms with van der Waals surface area (Å²) < 4.78 is 17.4. The van der Waals surface area contributed by atoms with Gasteiger partial charge in [0.2, 0.25) is 0 Å². The third kappa shape index (κ3) is 4.85. The molecule has 0 unspecified atom stereocenters. The van der Waals surface area contributed by atoms with Gasteiger partial charge in [-0.3, -0.25) is 0 Å².